The van der Waals surface area contributed by atoms with Crippen LogP contribution >= 0.6 is 11.8 Å². The summed E-state index contributed by atoms with van der Waals surface area (Å²) in [7, 11) is 0. The number of aliphatic hydroxyl groups excluding tert-OH is 1. The summed E-state index contributed by atoms with van der Waals surface area (Å²) >= 11 is 0.944. The van der Waals surface area contributed by atoms with E-state index in [1.807, 2.05) is 12.2 Å². The number of hydrogen-bond donors (Lipinski definition) is 4. The van der Waals surface area contributed by atoms with E-state index in [0.717, 1.165) is 35.1 Å². The molecular weight excluding hydrogens is 569 g/mol. The number of hydrogen-bond acceptors (Lipinski definition) is 8. The van der Waals surface area contributed by atoms with Crippen LogP contribution in [0, 0.1) is 33.9 Å². The maximum absolute atomic E-state index is 13.7. The van der Waals surface area contributed by atoms with Gasteiger partial charge in [-0.3, -0.25) is 10.1 Å². The summed E-state index contributed by atoms with van der Waals surface area (Å²) < 4.78 is 24.9. The Morgan fingerprint density at radius 3 is 2.65 bits per heavy atom. The highest BCUT2D eigenvalue weighted by atomic mass is 32.2. The molecular formula is C33H41FN3O5S+. The van der Waals surface area contributed by atoms with Crippen molar-refractivity contribution in [3.05, 3.63) is 77.2 Å². The Hall–Kier alpha value is -3.05. The van der Waals surface area contributed by atoms with E-state index in [0.29, 0.717) is 25.7 Å². The Bertz CT molecular complexity index is 1440. The molecule has 0 amide bonds. The molecule has 2 aromatic rings. The molecule has 5 rings (SSSR count). The summed E-state index contributed by atoms with van der Waals surface area (Å²) in [5.74, 6) is -1.03. The number of carbonyl (C=O) groups is 2. The van der Waals surface area contributed by atoms with Crippen LogP contribution in [0.1, 0.15) is 69.9 Å². The minimum Gasteiger partial charge on any atom is -0.457 e. The molecule has 1 aromatic carbocycles. The number of carbonyl (C=O) groups excluding carboxylic acids is 2. The van der Waals surface area contributed by atoms with Crippen LogP contribution in [0.15, 0.2) is 70.0 Å². The fourth-order valence-electron chi connectivity index (χ4n) is 8.02. The van der Waals surface area contributed by atoms with Crippen molar-refractivity contribution in [1.29, 1.82) is 5.41 Å². The number of rotatable bonds is 9. The minimum atomic E-state index is -1.44. The molecule has 0 spiro atoms. The number of aliphatic hydroxyl groups is 1. The minimum absolute atomic E-state index is 0.0159. The molecule has 230 valence electrons. The third kappa shape index (κ3) is 5.43. The average Bonchev–Trinajstić information content (AvgIpc) is 3.62. The van der Waals surface area contributed by atoms with E-state index in [1.165, 1.54) is 36.2 Å². The fourth-order valence-corrected chi connectivity index (χ4v) is 8.79. The van der Waals surface area contributed by atoms with Gasteiger partial charge >= 0.3 is 5.97 Å². The predicted octanol–water partition coefficient (Wildman–Crippen LogP) is 5.22. The average molecular weight is 611 g/mol. The number of allylic oxidation sites excluding steroid dienone is 3. The molecule has 0 saturated heterocycles. The Kier molecular flexibility index (Phi) is 8.87. The molecule has 3 aliphatic carbocycles. The van der Waals surface area contributed by atoms with Crippen LogP contribution in [0.5, 0.6) is 0 Å². The van der Waals surface area contributed by atoms with Gasteiger partial charge in [0.15, 0.2) is 5.60 Å². The van der Waals surface area contributed by atoms with Gasteiger partial charge in [0.25, 0.3) is 0 Å². The number of halogens is 1. The number of furan rings is 1. The van der Waals surface area contributed by atoms with Crippen molar-refractivity contribution in [3.8, 4) is 0 Å². The van der Waals surface area contributed by atoms with Crippen LogP contribution < -0.4 is 11.1 Å². The van der Waals surface area contributed by atoms with Gasteiger partial charge < -0.3 is 25.4 Å². The molecule has 6 atom stereocenters. The second-order valence-corrected chi connectivity index (χ2v) is 13.5. The predicted molar refractivity (Wildman–Crippen MR) is 163 cm³/mol. The maximum Gasteiger partial charge on any atom is 0.375 e. The number of esters is 1. The topological polar surface area (TPSA) is 143 Å². The molecule has 1 aromatic heterocycles. The van der Waals surface area contributed by atoms with Crippen LogP contribution in [0.4, 0.5) is 10.1 Å². The highest BCUT2D eigenvalue weighted by molar-refractivity contribution is 8.13. The summed E-state index contributed by atoms with van der Waals surface area (Å²) in [6.07, 6.45) is 7.42. The summed E-state index contributed by atoms with van der Waals surface area (Å²) in [4.78, 5) is 26.8. The zero-order chi connectivity index (χ0) is 31.0. The molecule has 0 bridgehead atoms. The zero-order valence-corrected chi connectivity index (χ0v) is 25.7. The normalized spacial score (nSPS) is 32.2. The van der Waals surface area contributed by atoms with Crippen molar-refractivity contribution in [2.45, 2.75) is 71.0 Å². The monoisotopic (exact) mass is 610 g/mol. The Morgan fingerprint density at radius 2 is 2.02 bits per heavy atom. The summed E-state index contributed by atoms with van der Waals surface area (Å²) in [6.45, 7) is 6.24. The first-order valence-corrected chi connectivity index (χ1v) is 15.9. The number of ether oxygens (including phenoxy) is 1. The molecule has 0 radical (unpaired) electrons. The van der Waals surface area contributed by atoms with Gasteiger partial charge in [0.1, 0.15) is 17.2 Å². The van der Waals surface area contributed by atoms with Crippen molar-refractivity contribution in [3.63, 3.8) is 0 Å². The first-order valence-electron chi connectivity index (χ1n) is 14.9. The number of nitrogens with two attached hydrogens (primary N) is 2. The van der Waals surface area contributed by atoms with Gasteiger partial charge in [0, 0.05) is 35.2 Å². The number of thioether (sulfide) groups is 1. The van der Waals surface area contributed by atoms with E-state index in [9.17, 15) is 19.1 Å². The second kappa shape index (κ2) is 12.1. The number of benzene rings is 1. The van der Waals surface area contributed by atoms with Gasteiger partial charge in [-0.1, -0.05) is 38.1 Å². The van der Waals surface area contributed by atoms with Crippen molar-refractivity contribution in [2.24, 2.45) is 28.4 Å². The third-order valence-electron chi connectivity index (χ3n) is 10.4. The molecule has 8 nitrogen and oxygen atoms in total. The Morgan fingerprint density at radius 1 is 1.28 bits per heavy atom. The van der Waals surface area contributed by atoms with Gasteiger partial charge in [-0.05, 0) is 86.1 Å². The SMILES string of the molecule is CCC1=CC([NH2+]c2ccc(F)cc2)=C(C=N)C[C@]1(C)C1CC2CC[C@](OC(=O)c3ccco3)(C(=O)SCN)[C@@]2(C)C[C@@H]1O. The number of quaternary nitrogens is 1. The molecule has 2 saturated carbocycles. The second-order valence-electron chi connectivity index (χ2n) is 12.5. The van der Waals surface area contributed by atoms with Crippen LogP contribution in [0.2, 0.25) is 0 Å². The van der Waals surface area contributed by atoms with E-state index < -0.39 is 28.5 Å². The number of fused-ring (bicyclic) bond motifs is 1. The Balaban J connectivity index is 1.44. The standard InChI is InChI=1S/C33H40FN3O5S/c1-4-21-15-26(37-24-9-7-23(34)8-10-24)20(18-35)16-31(21,2)25-14-22-11-12-33(30(40)43-19-36,32(22,3)17-27(25)38)42-29(39)28-6-5-13-41-28/h5-10,13,15,18,22,25,27,35,37-38H,4,11-12,14,16-17,19,36H2,1-3H3/p+1/t22?,25?,27-,31-,32-,33-/m0/s1. The van der Waals surface area contributed by atoms with Crippen LogP contribution in [-0.4, -0.2) is 40.0 Å². The van der Waals surface area contributed by atoms with Crippen molar-refractivity contribution in [1.82, 2.24) is 0 Å². The van der Waals surface area contributed by atoms with E-state index in [2.05, 4.69) is 19.9 Å². The third-order valence-corrected chi connectivity index (χ3v) is 11.2. The lowest BCUT2D eigenvalue weighted by molar-refractivity contribution is -0.513. The van der Waals surface area contributed by atoms with E-state index >= 15 is 0 Å². The van der Waals surface area contributed by atoms with Crippen molar-refractivity contribution in [2.75, 3.05) is 5.88 Å². The lowest BCUT2D eigenvalue weighted by Crippen LogP contribution is -2.76. The number of nitrogens with one attached hydrogen (secondary N) is 1. The molecule has 2 unspecified atom stereocenters. The first kappa shape index (κ1) is 31.4. The molecule has 2 fully saturated rings. The van der Waals surface area contributed by atoms with E-state index in [-0.39, 0.29) is 40.8 Å². The lowest BCUT2D eigenvalue weighted by Gasteiger charge is -2.54. The van der Waals surface area contributed by atoms with Gasteiger partial charge in [-0.15, -0.1) is 0 Å². The summed E-state index contributed by atoms with van der Waals surface area (Å²) in [5.41, 5.74) is 6.91. The Labute approximate surface area is 255 Å². The van der Waals surface area contributed by atoms with Crippen molar-refractivity contribution < 1.29 is 33.6 Å². The van der Waals surface area contributed by atoms with Crippen LogP contribution in [-0.2, 0) is 9.53 Å². The summed E-state index contributed by atoms with van der Waals surface area (Å²) in [5, 5.41) is 21.8. The van der Waals surface area contributed by atoms with E-state index in [4.69, 9.17) is 20.3 Å². The lowest BCUT2D eigenvalue weighted by atomic mass is 9.52. The fraction of sp³-hybridized carbons (Fsp3) is 0.485. The summed E-state index contributed by atoms with van der Waals surface area (Å²) in [6, 6.07) is 9.39. The zero-order valence-electron chi connectivity index (χ0n) is 24.9. The van der Waals surface area contributed by atoms with Gasteiger partial charge in [0.05, 0.1) is 12.4 Å². The first-order chi connectivity index (χ1) is 20.5. The molecule has 1 heterocycles. The molecule has 0 aliphatic heterocycles. The highest BCUT2D eigenvalue weighted by Crippen LogP contribution is 2.64. The van der Waals surface area contributed by atoms with Gasteiger partial charge in [0.2, 0.25) is 10.9 Å². The smallest absolute Gasteiger partial charge is 0.375 e. The van der Waals surface area contributed by atoms with Crippen LogP contribution in [0.3, 0.4) is 0 Å². The van der Waals surface area contributed by atoms with Crippen molar-refractivity contribution >= 4 is 34.7 Å². The van der Waals surface area contributed by atoms with E-state index in [1.54, 1.807) is 18.2 Å². The molecule has 10 heteroatoms. The molecule has 43 heavy (non-hydrogen) atoms. The quantitative estimate of drug-likeness (QED) is 0.132. The maximum atomic E-state index is 13.7. The van der Waals surface area contributed by atoms with Gasteiger partial charge in [-0.2, -0.15) is 0 Å². The van der Waals surface area contributed by atoms with Gasteiger partial charge in [-0.25, -0.2) is 9.18 Å². The highest BCUT2D eigenvalue weighted by Gasteiger charge is 2.67. The molecule has 6 N–H and O–H groups in total. The van der Waals surface area contributed by atoms with Crippen LogP contribution in [0.25, 0.3) is 0 Å². The molecule has 3 aliphatic rings. The largest absolute Gasteiger partial charge is 0.457 e.